The van der Waals surface area contributed by atoms with Crippen molar-refractivity contribution in [3.63, 3.8) is 0 Å². The topological polar surface area (TPSA) is 84.4 Å². The molecule has 24 heavy (non-hydrogen) atoms. The first-order valence-corrected chi connectivity index (χ1v) is 7.65. The lowest BCUT2D eigenvalue weighted by Gasteiger charge is -2.18. The Kier molecular flexibility index (Phi) is 5.83. The van der Waals surface area contributed by atoms with Crippen LogP contribution in [0, 0.1) is 0 Å². The fourth-order valence-electron chi connectivity index (χ4n) is 2.21. The summed E-state index contributed by atoms with van der Waals surface area (Å²) < 4.78 is 4.70. The van der Waals surface area contributed by atoms with E-state index < -0.39 is 5.97 Å². The number of amides is 1. The Morgan fingerprint density at radius 2 is 1.92 bits per heavy atom. The van der Waals surface area contributed by atoms with Crippen molar-refractivity contribution in [1.29, 1.82) is 0 Å². The smallest absolute Gasteiger partial charge is 0.337 e. The Bertz CT molecular complexity index is 729. The zero-order valence-electron chi connectivity index (χ0n) is 13.9. The average molecular weight is 328 g/mol. The predicted octanol–water partition coefficient (Wildman–Crippen LogP) is 2.49. The first kappa shape index (κ1) is 17.4. The van der Waals surface area contributed by atoms with E-state index in [-0.39, 0.29) is 5.91 Å². The normalized spacial score (nSPS) is 10.1. The Labute approximate surface area is 140 Å². The molecule has 2 aromatic rings. The van der Waals surface area contributed by atoms with E-state index >= 15 is 0 Å². The van der Waals surface area contributed by atoms with Crippen molar-refractivity contribution >= 4 is 23.4 Å². The van der Waals surface area contributed by atoms with Gasteiger partial charge in [0.1, 0.15) is 17.8 Å². The maximum Gasteiger partial charge on any atom is 0.337 e. The van der Waals surface area contributed by atoms with Gasteiger partial charge in [-0.2, -0.15) is 0 Å². The minimum atomic E-state index is -0.418. The van der Waals surface area contributed by atoms with Crippen LogP contribution >= 0.6 is 0 Å². The zero-order chi connectivity index (χ0) is 17.5. The molecule has 1 amide bonds. The van der Waals surface area contributed by atoms with E-state index in [0.717, 1.165) is 0 Å². The summed E-state index contributed by atoms with van der Waals surface area (Å²) in [5.74, 6) is -0.0879. The van der Waals surface area contributed by atoms with Gasteiger partial charge in [0.05, 0.1) is 12.7 Å². The molecule has 0 saturated carbocycles. The third-order valence-corrected chi connectivity index (χ3v) is 3.49. The van der Waals surface area contributed by atoms with Crippen LogP contribution in [0.5, 0.6) is 0 Å². The largest absolute Gasteiger partial charge is 0.465 e. The monoisotopic (exact) mass is 328 g/mol. The van der Waals surface area contributed by atoms with Crippen molar-refractivity contribution in [3.05, 3.63) is 47.9 Å². The van der Waals surface area contributed by atoms with Crippen molar-refractivity contribution in [2.75, 3.05) is 25.5 Å². The number of nitrogens with one attached hydrogen (secondary N) is 1. The third kappa shape index (κ3) is 4.07. The number of hydrogen-bond acceptors (Lipinski definition) is 6. The number of carbonyl (C=O) groups excluding carboxylic acids is 2. The summed E-state index contributed by atoms with van der Waals surface area (Å²) >= 11 is 0. The number of benzene rings is 1. The molecule has 0 radical (unpaired) electrons. The maximum atomic E-state index is 12.3. The second-order valence-corrected chi connectivity index (χ2v) is 4.96. The van der Waals surface area contributed by atoms with E-state index in [4.69, 9.17) is 4.74 Å². The van der Waals surface area contributed by atoms with Crippen LogP contribution in [-0.4, -0.2) is 46.9 Å². The SMILES string of the molecule is CCN(CC)C(=O)c1cc(Nc2cccc(C(=O)OC)c2)ncn1. The average Bonchev–Trinajstić information content (AvgIpc) is 2.62. The molecule has 0 bridgehead atoms. The molecule has 0 aliphatic rings. The molecular formula is C17H20N4O3. The number of aromatic nitrogens is 2. The number of hydrogen-bond donors (Lipinski definition) is 1. The van der Waals surface area contributed by atoms with Crippen LogP contribution in [0.2, 0.25) is 0 Å². The molecule has 0 spiro atoms. The Hall–Kier alpha value is -2.96. The number of anilines is 2. The summed E-state index contributed by atoms with van der Waals surface area (Å²) in [6.07, 6.45) is 1.34. The second kappa shape index (κ2) is 8.05. The second-order valence-electron chi connectivity index (χ2n) is 4.96. The molecule has 0 aliphatic carbocycles. The van der Waals surface area contributed by atoms with Gasteiger partial charge < -0.3 is 15.0 Å². The van der Waals surface area contributed by atoms with Crippen LogP contribution in [-0.2, 0) is 4.74 Å². The zero-order valence-corrected chi connectivity index (χ0v) is 13.9. The molecule has 1 heterocycles. The number of nitrogens with zero attached hydrogens (tertiary/aromatic N) is 3. The van der Waals surface area contributed by atoms with Crippen LogP contribution in [0.3, 0.4) is 0 Å². The number of methoxy groups -OCH3 is 1. The van der Waals surface area contributed by atoms with Gasteiger partial charge in [0.25, 0.3) is 5.91 Å². The number of esters is 1. The van der Waals surface area contributed by atoms with Gasteiger partial charge in [0, 0.05) is 24.8 Å². The highest BCUT2D eigenvalue weighted by Crippen LogP contribution is 2.17. The highest BCUT2D eigenvalue weighted by Gasteiger charge is 2.15. The van der Waals surface area contributed by atoms with E-state index in [1.165, 1.54) is 13.4 Å². The van der Waals surface area contributed by atoms with E-state index in [9.17, 15) is 9.59 Å². The van der Waals surface area contributed by atoms with Crippen LogP contribution in [0.1, 0.15) is 34.7 Å². The van der Waals surface area contributed by atoms with Gasteiger partial charge in [-0.1, -0.05) is 6.07 Å². The van der Waals surface area contributed by atoms with Crippen molar-refractivity contribution in [3.8, 4) is 0 Å². The molecule has 0 unspecified atom stereocenters. The molecule has 0 atom stereocenters. The summed E-state index contributed by atoms with van der Waals surface area (Å²) in [7, 11) is 1.33. The van der Waals surface area contributed by atoms with Crippen LogP contribution in [0.4, 0.5) is 11.5 Å². The van der Waals surface area contributed by atoms with E-state index in [1.807, 2.05) is 13.8 Å². The quantitative estimate of drug-likeness (QED) is 0.820. The molecule has 0 aliphatic heterocycles. The first-order valence-electron chi connectivity index (χ1n) is 7.65. The van der Waals surface area contributed by atoms with E-state index in [1.54, 1.807) is 35.2 Å². The van der Waals surface area contributed by atoms with Gasteiger partial charge in [-0.25, -0.2) is 14.8 Å². The Morgan fingerprint density at radius 1 is 1.17 bits per heavy atom. The summed E-state index contributed by atoms with van der Waals surface area (Å²) in [6, 6.07) is 8.43. The van der Waals surface area contributed by atoms with Crippen molar-refractivity contribution in [1.82, 2.24) is 14.9 Å². The summed E-state index contributed by atoms with van der Waals surface area (Å²) in [6.45, 7) is 5.06. The molecule has 126 valence electrons. The lowest BCUT2D eigenvalue weighted by molar-refractivity contribution is 0.0600. The van der Waals surface area contributed by atoms with E-state index in [0.29, 0.717) is 35.9 Å². The van der Waals surface area contributed by atoms with Crippen molar-refractivity contribution in [2.24, 2.45) is 0 Å². The minimum Gasteiger partial charge on any atom is -0.465 e. The third-order valence-electron chi connectivity index (χ3n) is 3.49. The van der Waals surface area contributed by atoms with Gasteiger partial charge >= 0.3 is 5.97 Å². The number of carbonyl (C=O) groups is 2. The lowest BCUT2D eigenvalue weighted by atomic mass is 10.2. The Balaban J connectivity index is 2.21. The molecule has 0 saturated heterocycles. The summed E-state index contributed by atoms with van der Waals surface area (Å²) in [5.41, 5.74) is 1.41. The van der Waals surface area contributed by atoms with Crippen LogP contribution in [0.15, 0.2) is 36.7 Å². The lowest BCUT2D eigenvalue weighted by Crippen LogP contribution is -2.31. The predicted molar refractivity (Wildman–Crippen MR) is 90.3 cm³/mol. The first-order chi connectivity index (χ1) is 11.6. The number of ether oxygens (including phenoxy) is 1. The van der Waals surface area contributed by atoms with Crippen molar-refractivity contribution < 1.29 is 14.3 Å². The maximum absolute atomic E-state index is 12.3. The molecule has 1 aromatic carbocycles. The van der Waals surface area contributed by atoms with E-state index in [2.05, 4.69) is 15.3 Å². The molecule has 1 N–H and O–H groups in total. The molecule has 0 fully saturated rings. The van der Waals surface area contributed by atoms with Gasteiger partial charge in [0.2, 0.25) is 0 Å². The fraction of sp³-hybridized carbons (Fsp3) is 0.294. The molecule has 2 rings (SSSR count). The van der Waals surface area contributed by atoms with Gasteiger partial charge in [-0.3, -0.25) is 4.79 Å². The Morgan fingerprint density at radius 3 is 2.58 bits per heavy atom. The molecular weight excluding hydrogens is 308 g/mol. The molecule has 7 nitrogen and oxygen atoms in total. The van der Waals surface area contributed by atoms with Crippen LogP contribution in [0.25, 0.3) is 0 Å². The fourth-order valence-corrected chi connectivity index (χ4v) is 2.21. The van der Waals surface area contributed by atoms with Gasteiger partial charge in [-0.15, -0.1) is 0 Å². The summed E-state index contributed by atoms with van der Waals surface area (Å²) in [5, 5.41) is 3.06. The van der Waals surface area contributed by atoms with Gasteiger partial charge in [0.15, 0.2) is 0 Å². The highest BCUT2D eigenvalue weighted by molar-refractivity contribution is 5.93. The standard InChI is InChI=1S/C17H20N4O3/c1-4-21(5-2)16(22)14-10-15(19-11-18-14)20-13-8-6-7-12(9-13)17(23)24-3/h6-11H,4-5H2,1-3H3,(H,18,19,20). The van der Waals surface area contributed by atoms with Gasteiger partial charge in [-0.05, 0) is 32.0 Å². The summed E-state index contributed by atoms with van der Waals surface area (Å²) in [4.78, 5) is 33.8. The minimum absolute atomic E-state index is 0.145. The van der Waals surface area contributed by atoms with Crippen LogP contribution < -0.4 is 5.32 Å². The molecule has 1 aromatic heterocycles. The number of rotatable bonds is 6. The van der Waals surface area contributed by atoms with Crippen molar-refractivity contribution in [2.45, 2.75) is 13.8 Å². The highest BCUT2D eigenvalue weighted by atomic mass is 16.5. The molecule has 7 heteroatoms.